The highest BCUT2D eigenvalue weighted by Crippen LogP contribution is 2.33. The smallest absolute Gasteiger partial charge is 0.449 e. The number of alkyl halides is 3. The number of imidazole rings is 1. The number of esters is 1. The number of carbonyl (C=O) groups excluding carboxylic acids is 3. The molecule has 2 amide bonds. The molecule has 0 unspecified atom stereocenters. The summed E-state index contributed by atoms with van der Waals surface area (Å²) < 4.78 is 108. The Labute approximate surface area is 375 Å². The zero-order valence-corrected chi connectivity index (χ0v) is 36.7. The van der Waals surface area contributed by atoms with Crippen LogP contribution in [0.2, 0.25) is 0 Å². The summed E-state index contributed by atoms with van der Waals surface area (Å²) in [5.74, 6) is -7.33. The molecule has 0 radical (unpaired) electrons. The normalized spacial score (nSPS) is 15.5. The molecule has 0 fully saturated rings. The molecular weight excluding hydrogens is 898 g/mol. The highest BCUT2D eigenvalue weighted by Gasteiger charge is 2.42. The number of alkyl carbamates (subject to hydrolysis) is 1. The van der Waals surface area contributed by atoms with E-state index in [4.69, 9.17) is 24.1 Å². The molecule has 26 heteroatoms. The van der Waals surface area contributed by atoms with Crippen molar-refractivity contribution in [3.63, 3.8) is 0 Å². The summed E-state index contributed by atoms with van der Waals surface area (Å²) in [5, 5.41) is 59.3. The fourth-order valence-electron chi connectivity index (χ4n) is 6.67. The number of carbonyl (C=O) groups is 3. The number of amides is 2. The molecule has 0 saturated carbocycles. The van der Waals surface area contributed by atoms with E-state index in [1.54, 1.807) is 38.8 Å². The average Bonchev–Trinajstić information content (AvgIpc) is 3.87. The van der Waals surface area contributed by atoms with Crippen molar-refractivity contribution in [1.82, 2.24) is 39.7 Å². The molecule has 66 heavy (non-hydrogen) atoms. The highest BCUT2D eigenvalue weighted by molar-refractivity contribution is 5.89. The summed E-state index contributed by atoms with van der Waals surface area (Å²) in [6.07, 6.45) is -11.9. The van der Waals surface area contributed by atoms with Gasteiger partial charge in [0, 0.05) is 50.9 Å². The zero-order valence-electron chi connectivity index (χ0n) is 36.7. The number of benzene rings is 1. The molecule has 0 bridgehead atoms. The first kappa shape index (κ1) is 53.7. The van der Waals surface area contributed by atoms with Crippen molar-refractivity contribution in [2.45, 2.75) is 109 Å². The minimum atomic E-state index is -4.98. The zero-order chi connectivity index (χ0) is 48.9. The molecule has 4 rings (SSSR count). The van der Waals surface area contributed by atoms with Gasteiger partial charge in [0.25, 0.3) is 0 Å². The van der Waals surface area contributed by atoms with E-state index in [9.17, 15) is 61.2 Å². The number of halogens is 6. The SMILES string of the molecule is CCN(Cc1cn(CCOCCOCCOC(=O)c2nc(C(F)(F)F)n3c2CN(C(=O)C[C@@H](Cc2cc(F)c(F)cc2F)NC(=O)OC(C)(C)C)CC3)nn1)C[C@H](O)[C@@H](O)[C@H](O)[C@H](O)CO. The number of hydrogen-bond donors (Lipinski definition) is 6. The third kappa shape index (κ3) is 15.8. The molecule has 5 atom stereocenters. The van der Waals surface area contributed by atoms with Crippen molar-refractivity contribution in [1.29, 1.82) is 0 Å². The number of aliphatic hydroxyl groups is 5. The highest BCUT2D eigenvalue weighted by atomic mass is 19.4. The van der Waals surface area contributed by atoms with Crippen LogP contribution in [0.1, 0.15) is 67.4 Å². The molecule has 0 aliphatic carbocycles. The number of fused-ring (bicyclic) bond motifs is 1. The van der Waals surface area contributed by atoms with Crippen LogP contribution in [-0.4, -0.2) is 173 Å². The van der Waals surface area contributed by atoms with Crippen LogP contribution >= 0.6 is 0 Å². The van der Waals surface area contributed by atoms with Gasteiger partial charge < -0.3 is 59.3 Å². The number of likely N-dealkylation sites (N-methyl/N-ethyl adjacent to an activating group) is 1. The van der Waals surface area contributed by atoms with Gasteiger partial charge in [-0.15, -0.1) is 5.10 Å². The van der Waals surface area contributed by atoms with Crippen molar-refractivity contribution in [3.05, 3.63) is 64.3 Å². The number of rotatable bonds is 24. The summed E-state index contributed by atoms with van der Waals surface area (Å²) in [7, 11) is 0. The lowest BCUT2D eigenvalue weighted by atomic mass is 10.0. The van der Waals surface area contributed by atoms with Crippen LogP contribution in [0.3, 0.4) is 0 Å². The molecule has 370 valence electrons. The van der Waals surface area contributed by atoms with Crippen molar-refractivity contribution < 1.29 is 85.2 Å². The third-order valence-corrected chi connectivity index (χ3v) is 9.99. The molecule has 6 N–H and O–H groups in total. The van der Waals surface area contributed by atoms with E-state index in [0.29, 0.717) is 30.9 Å². The molecular formula is C40H56F6N8O12. The first-order valence-corrected chi connectivity index (χ1v) is 20.9. The molecule has 0 saturated heterocycles. The largest absolute Gasteiger partial charge is 0.458 e. The van der Waals surface area contributed by atoms with Gasteiger partial charge in [0.05, 0.1) is 63.6 Å². The summed E-state index contributed by atoms with van der Waals surface area (Å²) in [5.41, 5.74) is -1.81. The van der Waals surface area contributed by atoms with Crippen molar-refractivity contribution in [2.24, 2.45) is 0 Å². The molecule has 20 nitrogen and oxygen atoms in total. The second kappa shape index (κ2) is 24.2. The quantitative estimate of drug-likeness (QED) is 0.0316. The average molecular weight is 955 g/mol. The first-order valence-electron chi connectivity index (χ1n) is 20.9. The minimum Gasteiger partial charge on any atom is -0.458 e. The van der Waals surface area contributed by atoms with E-state index in [2.05, 4.69) is 20.6 Å². The number of aliphatic hydroxyl groups excluding tert-OH is 5. The Kier molecular flexibility index (Phi) is 19.7. The Bertz CT molecular complexity index is 2070. The van der Waals surface area contributed by atoms with E-state index in [1.807, 2.05) is 0 Å². The topological polar surface area (TPSA) is 256 Å². The van der Waals surface area contributed by atoms with Crippen LogP contribution in [0.15, 0.2) is 18.3 Å². The van der Waals surface area contributed by atoms with E-state index in [1.165, 1.54) is 4.68 Å². The Hall–Kier alpha value is -4.96. The van der Waals surface area contributed by atoms with Gasteiger partial charge in [0.2, 0.25) is 11.7 Å². The van der Waals surface area contributed by atoms with Gasteiger partial charge in [-0.3, -0.25) is 9.69 Å². The second-order valence-corrected chi connectivity index (χ2v) is 16.3. The summed E-state index contributed by atoms with van der Waals surface area (Å²) in [6, 6.07) is -0.361. The van der Waals surface area contributed by atoms with Crippen LogP contribution in [0.4, 0.5) is 31.1 Å². The van der Waals surface area contributed by atoms with Gasteiger partial charge in [0.15, 0.2) is 17.3 Å². The maximum Gasteiger partial charge on any atom is 0.449 e. The van der Waals surface area contributed by atoms with Gasteiger partial charge in [-0.05, 0) is 45.4 Å². The standard InChI is InChI=1S/C40H56F6N8O12/c1-5-51(21-30(56)34(59)35(60)31(57)22-55)18-25-19-53(50-49-25)8-9-63-10-11-64-12-13-65-36(61)33-29-20-52(6-7-54(29)37(48-33)40(44,45)46)32(58)16-24(47-38(62)66-39(2,3)4)14-23-15-27(42)28(43)17-26(23)41/h15,17,19,24,30-31,34-35,55-57,59-60H,5-14,16,18,20-22H2,1-4H3,(H,47,62)/t24-,30+,31-,34-,35-/m1/s1. The first-order chi connectivity index (χ1) is 31.0. The number of ether oxygens (including phenoxy) is 4. The molecule has 1 aliphatic heterocycles. The number of nitrogens with one attached hydrogen (secondary N) is 1. The van der Waals surface area contributed by atoms with Gasteiger partial charge in [-0.2, -0.15) is 13.2 Å². The Morgan fingerprint density at radius 3 is 2.21 bits per heavy atom. The summed E-state index contributed by atoms with van der Waals surface area (Å²) in [6.45, 7) is 5.11. The van der Waals surface area contributed by atoms with Crippen molar-refractivity contribution in [3.8, 4) is 0 Å². The maximum atomic E-state index is 14.6. The molecule has 3 aromatic rings. The molecule has 1 aromatic carbocycles. The molecule has 0 spiro atoms. The van der Waals surface area contributed by atoms with Gasteiger partial charge in [0.1, 0.15) is 36.3 Å². The summed E-state index contributed by atoms with van der Waals surface area (Å²) in [4.78, 5) is 45.6. The van der Waals surface area contributed by atoms with Crippen LogP contribution in [-0.2, 0) is 62.5 Å². The number of nitrogens with zero attached hydrogens (tertiary/aromatic N) is 7. The van der Waals surface area contributed by atoms with Crippen LogP contribution in [0, 0.1) is 17.5 Å². The Morgan fingerprint density at radius 2 is 1.56 bits per heavy atom. The Balaban J connectivity index is 1.25. The second-order valence-electron chi connectivity index (χ2n) is 16.3. The lowest BCUT2D eigenvalue weighted by Gasteiger charge is -2.31. The van der Waals surface area contributed by atoms with E-state index >= 15 is 0 Å². The van der Waals surface area contributed by atoms with Crippen molar-refractivity contribution >= 4 is 18.0 Å². The van der Waals surface area contributed by atoms with Crippen LogP contribution in [0.25, 0.3) is 0 Å². The van der Waals surface area contributed by atoms with Crippen molar-refractivity contribution in [2.75, 3.05) is 59.3 Å². The molecule has 2 aromatic heterocycles. The van der Waals surface area contributed by atoms with Gasteiger partial charge in [-0.25, -0.2) is 32.4 Å². The number of hydrogen-bond acceptors (Lipinski definition) is 16. The van der Waals surface area contributed by atoms with Gasteiger partial charge >= 0.3 is 18.2 Å². The predicted octanol–water partition coefficient (Wildman–Crippen LogP) is 0.927. The van der Waals surface area contributed by atoms with Crippen LogP contribution in [0.5, 0.6) is 0 Å². The lowest BCUT2D eigenvalue weighted by Crippen LogP contribution is -2.49. The predicted molar refractivity (Wildman–Crippen MR) is 214 cm³/mol. The molecule has 1 aliphatic rings. The minimum absolute atomic E-state index is 0.0471. The summed E-state index contributed by atoms with van der Waals surface area (Å²) >= 11 is 0. The molecule has 3 heterocycles. The van der Waals surface area contributed by atoms with E-state index < -0.39 is 122 Å². The monoisotopic (exact) mass is 954 g/mol. The van der Waals surface area contributed by atoms with E-state index in [0.717, 1.165) is 9.47 Å². The van der Waals surface area contributed by atoms with Crippen LogP contribution < -0.4 is 5.32 Å². The van der Waals surface area contributed by atoms with Gasteiger partial charge in [-0.1, -0.05) is 12.1 Å². The third-order valence-electron chi connectivity index (χ3n) is 9.99. The maximum absolute atomic E-state index is 14.6. The fourth-order valence-corrected chi connectivity index (χ4v) is 6.67. The lowest BCUT2D eigenvalue weighted by molar-refractivity contribution is -0.148. The Morgan fingerprint density at radius 1 is 0.909 bits per heavy atom. The van der Waals surface area contributed by atoms with E-state index in [-0.39, 0.29) is 63.9 Å². The fraction of sp³-hybridized carbons (Fsp3) is 0.650. The number of aromatic nitrogens is 5.